The van der Waals surface area contributed by atoms with E-state index in [9.17, 15) is 19.1 Å². The molecule has 29 heavy (non-hydrogen) atoms. The number of hydrogen-bond donors (Lipinski definition) is 1. The summed E-state index contributed by atoms with van der Waals surface area (Å²) in [6.45, 7) is 2.03. The van der Waals surface area contributed by atoms with Crippen LogP contribution in [0.4, 0.5) is 10.1 Å². The van der Waals surface area contributed by atoms with Crippen LogP contribution in [0, 0.1) is 5.82 Å². The maximum atomic E-state index is 13.4. The number of anilines is 1. The number of aliphatic hydroxyl groups is 1. The fourth-order valence-corrected chi connectivity index (χ4v) is 4.29. The van der Waals surface area contributed by atoms with Crippen LogP contribution in [-0.2, 0) is 16.0 Å². The summed E-state index contributed by atoms with van der Waals surface area (Å²) in [7, 11) is 0. The molecule has 1 aromatic heterocycles. The number of hydrogen-bond acceptors (Lipinski definition) is 4. The third-order valence-corrected chi connectivity index (χ3v) is 5.92. The summed E-state index contributed by atoms with van der Waals surface area (Å²) in [5, 5.41) is 12.8. The first-order valence-electron chi connectivity index (χ1n) is 9.20. The number of thiophene rings is 1. The van der Waals surface area contributed by atoms with Crippen molar-refractivity contribution in [2.75, 3.05) is 4.90 Å². The Morgan fingerprint density at radius 2 is 1.76 bits per heavy atom. The minimum absolute atomic E-state index is 0.0334. The smallest absolute Gasteiger partial charge is 0.300 e. The maximum Gasteiger partial charge on any atom is 0.300 e. The van der Waals surface area contributed by atoms with Gasteiger partial charge in [-0.05, 0) is 47.7 Å². The molecular weight excluding hydrogens is 389 g/mol. The van der Waals surface area contributed by atoms with Crippen molar-refractivity contribution in [1.82, 2.24) is 0 Å². The highest BCUT2D eigenvalue weighted by Gasteiger charge is 2.47. The third kappa shape index (κ3) is 3.36. The van der Waals surface area contributed by atoms with Gasteiger partial charge in [0.2, 0.25) is 0 Å². The summed E-state index contributed by atoms with van der Waals surface area (Å²) in [4.78, 5) is 27.9. The first-order valence-corrected chi connectivity index (χ1v) is 10.1. The molecule has 1 aliphatic heterocycles. The van der Waals surface area contributed by atoms with E-state index in [1.54, 1.807) is 12.1 Å². The van der Waals surface area contributed by atoms with Crippen molar-refractivity contribution >= 4 is 34.5 Å². The Morgan fingerprint density at radius 1 is 1.07 bits per heavy atom. The molecule has 146 valence electrons. The molecule has 1 N–H and O–H groups in total. The van der Waals surface area contributed by atoms with E-state index in [1.807, 2.05) is 36.6 Å². The van der Waals surface area contributed by atoms with E-state index in [4.69, 9.17) is 0 Å². The molecule has 2 aromatic carbocycles. The van der Waals surface area contributed by atoms with Crippen molar-refractivity contribution in [3.8, 4) is 0 Å². The van der Waals surface area contributed by atoms with E-state index in [1.165, 1.54) is 40.5 Å². The fourth-order valence-electron chi connectivity index (χ4n) is 3.47. The van der Waals surface area contributed by atoms with Crippen LogP contribution in [0.15, 0.2) is 71.6 Å². The predicted octanol–water partition coefficient (Wildman–Crippen LogP) is 5.08. The number of rotatable bonds is 4. The number of carbonyl (C=O) groups is 2. The first kappa shape index (κ1) is 19.1. The number of halogens is 1. The molecule has 0 spiro atoms. The topological polar surface area (TPSA) is 57.6 Å². The molecule has 1 amide bonds. The molecule has 1 atom stereocenters. The molecule has 0 saturated carbocycles. The molecule has 4 nitrogen and oxygen atoms in total. The van der Waals surface area contributed by atoms with Crippen molar-refractivity contribution in [1.29, 1.82) is 0 Å². The fraction of sp³-hybridized carbons (Fsp3) is 0.130. The largest absolute Gasteiger partial charge is 0.507 e. The lowest BCUT2D eigenvalue weighted by Gasteiger charge is -2.24. The molecule has 0 bridgehead atoms. The van der Waals surface area contributed by atoms with Crippen molar-refractivity contribution in [2.24, 2.45) is 0 Å². The second-order valence-electron chi connectivity index (χ2n) is 6.71. The third-order valence-electron chi connectivity index (χ3n) is 5.00. The Bertz CT molecular complexity index is 1090. The van der Waals surface area contributed by atoms with Crippen LogP contribution >= 0.6 is 11.3 Å². The first-order chi connectivity index (χ1) is 14.0. The summed E-state index contributed by atoms with van der Waals surface area (Å²) < 4.78 is 13.4. The molecule has 1 saturated heterocycles. The monoisotopic (exact) mass is 407 g/mol. The Balaban J connectivity index is 1.88. The zero-order chi connectivity index (χ0) is 20.5. The quantitative estimate of drug-likeness (QED) is 0.373. The molecule has 6 heteroatoms. The SMILES string of the molecule is CCc1ccc(/C(O)=C2/C(=O)C(=O)N(c3ccc(F)cc3)C2c2cccs2)cc1. The number of carbonyl (C=O) groups excluding carboxylic acids is 2. The summed E-state index contributed by atoms with van der Waals surface area (Å²) in [5.74, 6) is -2.16. The Hall–Kier alpha value is -3.25. The predicted molar refractivity (Wildman–Crippen MR) is 111 cm³/mol. The number of nitrogens with zero attached hydrogens (tertiary/aromatic N) is 1. The Morgan fingerprint density at radius 3 is 2.34 bits per heavy atom. The van der Waals surface area contributed by atoms with E-state index in [-0.39, 0.29) is 11.3 Å². The van der Waals surface area contributed by atoms with Crippen LogP contribution in [-0.4, -0.2) is 16.8 Å². The van der Waals surface area contributed by atoms with Crippen LogP contribution < -0.4 is 4.90 Å². The van der Waals surface area contributed by atoms with E-state index < -0.39 is 23.5 Å². The highest BCUT2D eigenvalue weighted by atomic mass is 32.1. The average Bonchev–Trinajstić information content (AvgIpc) is 3.36. The van der Waals surface area contributed by atoms with Crippen molar-refractivity contribution in [3.63, 3.8) is 0 Å². The van der Waals surface area contributed by atoms with Gasteiger partial charge in [-0.15, -0.1) is 11.3 Å². The normalized spacial score (nSPS) is 18.4. The van der Waals surface area contributed by atoms with Crippen molar-refractivity contribution in [3.05, 3.63) is 93.4 Å². The van der Waals surface area contributed by atoms with Gasteiger partial charge < -0.3 is 5.11 Å². The van der Waals surface area contributed by atoms with Gasteiger partial charge in [-0.2, -0.15) is 0 Å². The number of amides is 1. The lowest BCUT2D eigenvalue weighted by molar-refractivity contribution is -0.132. The molecule has 1 aliphatic rings. The molecule has 2 heterocycles. The summed E-state index contributed by atoms with van der Waals surface area (Å²) in [5.41, 5.74) is 2.00. The van der Waals surface area contributed by atoms with E-state index >= 15 is 0 Å². The number of aryl methyl sites for hydroxylation is 1. The van der Waals surface area contributed by atoms with E-state index in [0.717, 1.165) is 16.9 Å². The molecule has 0 aliphatic carbocycles. The van der Waals surface area contributed by atoms with Crippen LogP contribution in [0.3, 0.4) is 0 Å². The molecule has 1 fully saturated rings. The minimum atomic E-state index is -0.772. The summed E-state index contributed by atoms with van der Waals surface area (Å²) >= 11 is 1.38. The van der Waals surface area contributed by atoms with E-state index in [2.05, 4.69) is 0 Å². The second kappa shape index (κ2) is 7.64. The highest BCUT2D eigenvalue weighted by molar-refractivity contribution is 7.10. The van der Waals surface area contributed by atoms with Gasteiger partial charge in [0, 0.05) is 16.1 Å². The zero-order valence-corrected chi connectivity index (χ0v) is 16.4. The van der Waals surface area contributed by atoms with Crippen molar-refractivity contribution in [2.45, 2.75) is 19.4 Å². The zero-order valence-electron chi connectivity index (χ0n) is 15.6. The van der Waals surface area contributed by atoms with Crippen LogP contribution in [0.2, 0.25) is 0 Å². The maximum absolute atomic E-state index is 13.4. The van der Waals surface area contributed by atoms with Gasteiger partial charge in [-0.3, -0.25) is 14.5 Å². The molecule has 3 aromatic rings. The van der Waals surface area contributed by atoms with Gasteiger partial charge in [-0.25, -0.2) is 4.39 Å². The molecule has 1 unspecified atom stereocenters. The Kier molecular flexibility index (Phi) is 5.03. The van der Waals surface area contributed by atoms with Gasteiger partial charge in [0.1, 0.15) is 17.6 Å². The van der Waals surface area contributed by atoms with Gasteiger partial charge in [0.15, 0.2) is 0 Å². The van der Waals surface area contributed by atoms with E-state index in [0.29, 0.717) is 11.3 Å². The molecular formula is C23H18FNO3S. The van der Waals surface area contributed by atoms with Crippen molar-refractivity contribution < 1.29 is 19.1 Å². The van der Waals surface area contributed by atoms with Gasteiger partial charge in [-0.1, -0.05) is 37.3 Å². The second-order valence-corrected chi connectivity index (χ2v) is 7.69. The molecule has 0 radical (unpaired) electrons. The molecule has 4 rings (SSSR count). The summed E-state index contributed by atoms with van der Waals surface area (Å²) in [6.07, 6.45) is 0.852. The lowest BCUT2D eigenvalue weighted by Crippen LogP contribution is -2.29. The standard InChI is InChI=1S/C23H18FNO3S/c1-2-14-5-7-15(8-6-14)21(26)19-20(18-4-3-13-29-18)25(23(28)22(19)27)17-11-9-16(24)10-12-17/h3-13,20,26H,2H2,1H3/b21-19-. The summed E-state index contributed by atoms with van der Waals surface area (Å²) in [6, 6.07) is 15.5. The Labute approximate surface area is 171 Å². The van der Waals surface area contributed by atoms with Gasteiger partial charge in [0.25, 0.3) is 11.7 Å². The van der Waals surface area contributed by atoms with Gasteiger partial charge in [0.05, 0.1) is 5.57 Å². The number of Topliss-reactive ketones (excluding diaryl/α,β-unsaturated/α-hetero) is 1. The number of aliphatic hydroxyl groups excluding tert-OH is 1. The highest BCUT2D eigenvalue weighted by Crippen LogP contribution is 2.43. The van der Waals surface area contributed by atoms with Crippen LogP contribution in [0.25, 0.3) is 5.76 Å². The van der Waals surface area contributed by atoms with Crippen LogP contribution in [0.5, 0.6) is 0 Å². The van der Waals surface area contributed by atoms with Gasteiger partial charge >= 0.3 is 0 Å². The minimum Gasteiger partial charge on any atom is -0.507 e. The van der Waals surface area contributed by atoms with Crippen LogP contribution in [0.1, 0.15) is 29.0 Å². The number of ketones is 1. The number of benzene rings is 2. The lowest BCUT2D eigenvalue weighted by atomic mass is 9.99. The average molecular weight is 407 g/mol.